The predicted octanol–water partition coefficient (Wildman–Crippen LogP) is 4.04. The van der Waals surface area contributed by atoms with Gasteiger partial charge in [-0.05, 0) is 35.2 Å². The highest BCUT2D eigenvalue weighted by atomic mass is 19.2. The van der Waals surface area contributed by atoms with Gasteiger partial charge in [-0.1, -0.05) is 37.3 Å². The zero-order valence-corrected chi connectivity index (χ0v) is 10.2. The quantitative estimate of drug-likeness (QED) is 0.870. The Bertz CT molecular complexity index is 535. The van der Waals surface area contributed by atoms with Gasteiger partial charge in [-0.3, -0.25) is 0 Å². The van der Waals surface area contributed by atoms with Crippen LogP contribution in [-0.4, -0.2) is 0 Å². The van der Waals surface area contributed by atoms with Crippen molar-refractivity contribution in [2.45, 2.75) is 19.4 Å². The van der Waals surface area contributed by atoms with Gasteiger partial charge in [0.15, 0.2) is 11.6 Å². The summed E-state index contributed by atoms with van der Waals surface area (Å²) in [6.45, 7) is 2.02. The van der Waals surface area contributed by atoms with Gasteiger partial charge in [0, 0.05) is 6.04 Å². The molecule has 2 aromatic carbocycles. The molecular formula is C15H15F2N. The van der Waals surface area contributed by atoms with Gasteiger partial charge in [-0.2, -0.15) is 0 Å². The molecule has 0 aromatic heterocycles. The molecule has 0 bridgehead atoms. The van der Waals surface area contributed by atoms with Crippen LogP contribution in [0.1, 0.15) is 24.9 Å². The van der Waals surface area contributed by atoms with E-state index in [0.717, 1.165) is 23.6 Å². The Kier molecular flexibility index (Phi) is 3.72. The molecule has 0 radical (unpaired) electrons. The molecule has 1 atom stereocenters. The number of benzene rings is 2. The van der Waals surface area contributed by atoms with Gasteiger partial charge in [-0.15, -0.1) is 0 Å². The van der Waals surface area contributed by atoms with Gasteiger partial charge in [0.05, 0.1) is 0 Å². The summed E-state index contributed by atoms with van der Waals surface area (Å²) in [6.07, 6.45) is 0.866. The predicted molar refractivity (Wildman–Crippen MR) is 69.0 cm³/mol. The average molecular weight is 247 g/mol. The van der Waals surface area contributed by atoms with Crippen molar-refractivity contribution >= 4 is 0 Å². The summed E-state index contributed by atoms with van der Waals surface area (Å²) in [5.74, 6) is -1.66. The van der Waals surface area contributed by atoms with E-state index in [1.54, 1.807) is 6.07 Å². The average Bonchev–Trinajstić information content (AvgIpc) is 2.41. The lowest BCUT2D eigenvalue weighted by molar-refractivity contribution is 0.509. The topological polar surface area (TPSA) is 26.0 Å². The molecular weight excluding hydrogens is 232 g/mol. The Morgan fingerprint density at radius 2 is 1.56 bits per heavy atom. The van der Waals surface area contributed by atoms with Crippen molar-refractivity contribution in [1.82, 2.24) is 0 Å². The minimum atomic E-state index is -0.832. The van der Waals surface area contributed by atoms with E-state index in [1.807, 2.05) is 31.2 Å². The minimum absolute atomic E-state index is 0.0176. The van der Waals surface area contributed by atoms with Gasteiger partial charge >= 0.3 is 0 Å². The first-order valence-corrected chi connectivity index (χ1v) is 5.92. The fourth-order valence-corrected chi connectivity index (χ4v) is 1.83. The largest absolute Gasteiger partial charge is 0.324 e. The van der Waals surface area contributed by atoms with E-state index < -0.39 is 11.6 Å². The second-order valence-corrected chi connectivity index (χ2v) is 4.27. The fraction of sp³-hybridized carbons (Fsp3) is 0.200. The smallest absolute Gasteiger partial charge is 0.159 e. The van der Waals surface area contributed by atoms with E-state index >= 15 is 0 Å². The molecule has 94 valence electrons. The summed E-state index contributed by atoms with van der Waals surface area (Å²) >= 11 is 0. The molecule has 0 saturated carbocycles. The van der Waals surface area contributed by atoms with Crippen molar-refractivity contribution in [1.29, 1.82) is 0 Å². The van der Waals surface area contributed by atoms with Crippen LogP contribution in [0, 0.1) is 11.6 Å². The summed E-state index contributed by atoms with van der Waals surface area (Å²) in [5.41, 5.74) is 8.47. The summed E-state index contributed by atoms with van der Waals surface area (Å²) in [4.78, 5) is 0. The Hall–Kier alpha value is -1.74. The third-order valence-corrected chi connectivity index (χ3v) is 3.03. The Morgan fingerprint density at radius 3 is 2.11 bits per heavy atom. The second-order valence-electron chi connectivity index (χ2n) is 4.27. The number of halogens is 2. The standard InChI is InChI=1S/C15H15F2N/c1-2-15(18)11-5-3-10(4-6-11)12-7-8-13(16)14(17)9-12/h3-9,15H,2,18H2,1H3. The van der Waals surface area contributed by atoms with E-state index in [2.05, 4.69) is 0 Å². The van der Waals surface area contributed by atoms with Gasteiger partial charge in [-0.25, -0.2) is 8.78 Å². The van der Waals surface area contributed by atoms with Crippen LogP contribution in [0.25, 0.3) is 11.1 Å². The molecule has 1 nitrogen and oxygen atoms in total. The molecule has 0 saturated heterocycles. The zero-order chi connectivity index (χ0) is 13.1. The number of hydrogen-bond donors (Lipinski definition) is 1. The van der Waals surface area contributed by atoms with Crippen LogP contribution >= 0.6 is 0 Å². The van der Waals surface area contributed by atoms with Crippen molar-refractivity contribution in [2.75, 3.05) is 0 Å². The van der Waals surface area contributed by atoms with Crippen LogP contribution in [0.15, 0.2) is 42.5 Å². The first kappa shape index (κ1) is 12.7. The molecule has 0 aliphatic heterocycles. The molecule has 2 aromatic rings. The lowest BCUT2D eigenvalue weighted by atomic mass is 10.00. The van der Waals surface area contributed by atoms with Crippen LogP contribution in [0.4, 0.5) is 8.78 Å². The van der Waals surface area contributed by atoms with Gasteiger partial charge < -0.3 is 5.73 Å². The van der Waals surface area contributed by atoms with E-state index in [0.29, 0.717) is 5.56 Å². The van der Waals surface area contributed by atoms with E-state index in [-0.39, 0.29) is 6.04 Å². The third kappa shape index (κ3) is 2.57. The van der Waals surface area contributed by atoms with Crippen LogP contribution in [0.2, 0.25) is 0 Å². The lowest BCUT2D eigenvalue weighted by Crippen LogP contribution is -2.08. The van der Waals surface area contributed by atoms with E-state index in [1.165, 1.54) is 6.07 Å². The molecule has 1 unspecified atom stereocenters. The molecule has 0 aliphatic carbocycles. The summed E-state index contributed by atoms with van der Waals surface area (Å²) in [7, 11) is 0. The van der Waals surface area contributed by atoms with E-state index in [4.69, 9.17) is 5.73 Å². The highest BCUT2D eigenvalue weighted by Crippen LogP contribution is 2.23. The Balaban J connectivity index is 2.31. The SMILES string of the molecule is CCC(N)c1ccc(-c2ccc(F)c(F)c2)cc1. The summed E-state index contributed by atoms with van der Waals surface area (Å²) < 4.78 is 26.0. The highest BCUT2D eigenvalue weighted by molar-refractivity contribution is 5.63. The zero-order valence-electron chi connectivity index (χ0n) is 10.2. The molecule has 0 fully saturated rings. The van der Waals surface area contributed by atoms with Crippen molar-refractivity contribution in [3.63, 3.8) is 0 Å². The Labute approximate surface area is 105 Å². The number of rotatable bonds is 3. The highest BCUT2D eigenvalue weighted by Gasteiger charge is 2.06. The molecule has 2 N–H and O–H groups in total. The van der Waals surface area contributed by atoms with Crippen LogP contribution in [-0.2, 0) is 0 Å². The maximum absolute atomic E-state index is 13.1. The van der Waals surface area contributed by atoms with Crippen molar-refractivity contribution in [3.8, 4) is 11.1 Å². The number of hydrogen-bond acceptors (Lipinski definition) is 1. The molecule has 3 heteroatoms. The summed E-state index contributed by atoms with van der Waals surface area (Å²) in [6, 6.07) is 11.5. The van der Waals surface area contributed by atoms with E-state index in [9.17, 15) is 8.78 Å². The number of nitrogens with two attached hydrogens (primary N) is 1. The normalized spacial score (nSPS) is 12.4. The Morgan fingerprint density at radius 1 is 0.944 bits per heavy atom. The summed E-state index contributed by atoms with van der Waals surface area (Å²) in [5, 5.41) is 0. The molecule has 18 heavy (non-hydrogen) atoms. The second kappa shape index (κ2) is 5.27. The molecule has 0 aliphatic rings. The van der Waals surface area contributed by atoms with Crippen LogP contribution < -0.4 is 5.73 Å². The molecule has 0 heterocycles. The maximum Gasteiger partial charge on any atom is 0.159 e. The first-order chi connectivity index (χ1) is 8.61. The van der Waals surface area contributed by atoms with Crippen LogP contribution in [0.5, 0.6) is 0 Å². The maximum atomic E-state index is 13.1. The van der Waals surface area contributed by atoms with Gasteiger partial charge in [0.1, 0.15) is 0 Å². The van der Waals surface area contributed by atoms with Crippen LogP contribution in [0.3, 0.4) is 0 Å². The molecule has 0 spiro atoms. The molecule has 2 rings (SSSR count). The first-order valence-electron chi connectivity index (χ1n) is 5.92. The minimum Gasteiger partial charge on any atom is -0.324 e. The van der Waals surface area contributed by atoms with Crippen molar-refractivity contribution in [3.05, 3.63) is 59.7 Å². The fourth-order valence-electron chi connectivity index (χ4n) is 1.83. The van der Waals surface area contributed by atoms with Gasteiger partial charge in [0.25, 0.3) is 0 Å². The third-order valence-electron chi connectivity index (χ3n) is 3.03. The molecule has 0 amide bonds. The van der Waals surface area contributed by atoms with Crippen molar-refractivity contribution in [2.24, 2.45) is 5.73 Å². The van der Waals surface area contributed by atoms with Gasteiger partial charge in [0.2, 0.25) is 0 Å². The monoisotopic (exact) mass is 247 g/mol. The lowest BCUT2D eigenvalue weighted by Gasteiger charge is -2.10. The van der Waals surface area contributed by atoms with Crippen molar-refractivity contribution < 1.29 is 8.78 Å².